The summed E-state index contributed by atoms with van der Waals surface area (Å²) >= 11 is 0. The third-order valence-corrected chi connectivity index (χ3v) is 3.41. The molecule has 1 aromatic carbocycles. The molecule has 0 amide bonds. The van der Waals surface area contributed by atoms with E-state index < -0.39 is 12.8 Å². The number of guanidine groups is 1. The molecule has 0 heterocycles. The van der Waals surface area contributed by atoms with Crippen molar-refractivity contribution in [2.45, 2.75) is 38.2 Å². The van der Waals surface area contributed by atoms with Crippen LogP contribution >= 0.6 is 24.0 Å². The largest absolute Gasteiger partial charge is 0.411 e. The van der Waals surface area contributed by atoms with Gasteiger partial charge in [-0.1, -0.05) is 24.3 Å². The summed E-state index contributed by atoms with van der Waals surface area (Å²) in [5.74, 6) is 0.487. The lowest BCUT2D eigenvalue weighted by Gasteiger charge is -2.16. The van der Waals surface area contributed by atoms with Gasteiger partial charge in [-0.3, -0.25) is 0 Å². The molecule has 1 aliphatic rings. The molecule has 0 unspecified atom stereocenters. The molecular formula is C15H21F3IN3O. The molecule has 2 rings (SSSR count). The summed E-state index contributed by atoms with van der Waals surface area (Å²) in [6.07, 6.45) is -2.03. The Balaban J connectivity index is 0.00000264. The first-order valence-electron chi connectivity index (χ1n) is 7.10. The van der Waals surface area contributed by atoms with Gasteiger partial charge in [-0.05, 0) is 24.0 Å². The highest BCUT2D eigenvalue weighted by molar-refractivity contribution is 14.0. The van der Waals surface area contributed by atoms with E-state index in [-0.39, 0.29) is 30.6 Å². The number of nitrogens with two attached hydrogens (primary N) is 1. The summed E-state index contributed by atoms with van der Waals surface area (Å²) in [6, 6.07) is 7.64. The summed E-state index contributed by atoms with van der Waals surface area (Å²) in [7, 11) is 1.91. The Morgan fingerprint density at radius 2 is 2.00 bits per heavy atom. The molecule has 0 aliphatic heterocycles. The zero-order valence-corrected chi connectivity index (χ0v) is 15.2. The highest BCUT2D eigenvalue weighted by Crippen LogP contribution is 2.25. The van der Waals surface area contributed by atoms with E-state index in [2.05, 4.69) is 9.73 Å². The number of hydrogen-bond donors (Lipinski definition) is 1. The van der Waals surface area contributed by atoms with E-state index in [0.29, 0.717) is 24.1 Å². The molecule has 1 aromatic rings. The maximum absolute atomic E-state index is 12.0. The average Bonchev–Trinajstić information content (AvgIpc) is 3.27. The van der Waals surface area contributed by atoms with Crippen LogP contribution in [-0.4, -0.2) is 36.7 Å². The number of benzene rings is 1. The minimum atomic E-state index is -4.30. The first-order chi connectivity index (χ1) is 10.3. The van der Waals surface area contributed by atoms with Gasteiger partial charge in [-0.2, -0.15) is 13.2 Å². The van der Waals surface area contributed by atoms with E-state index in [1.165, 1.54) is 0 Å². The smallest absolute Gasteiger partial charge is 0.370 e. The lowest BCUT2D eigenvalue weighted by atomic mass is 10.1. The van der Waals surface area contributed by atoms with Crippen molar-refractivity contribution in [3.63, 3.8) is 0 Å². The molecule has 0 bridgehead atoms. The van der Waals surface area contributed by atoms with Crippen LogP contribution < -0.4 is 5.73 Å². The van der Waals surface area contributed by atoms with Crippen LogP contribution in [0.5, 0.6) is 0 Å². The van der Waals surface area contributed by atoms with E-state index in [9.17, 15) is 13.2 Å². The van der Waals surface area contributed by atoms with Gasteiger partial charge in [-0.15, -0.1) is 24.0 Å². The van der Waals surface area contributed by atoms with Crippen LogP contribution in [0.3, 0.4) is 0 Å². The van der Waals surface area contributed by atoms with Gasteiger partial charge in [0.1, 0.15) is 6.61 Å². The molecule has 1 saturated carbocycles. The van der Waals surface area contributed by atoms with Crippen molar-refractivity contribution in [3.05, 3.63) is 35.4 Å². The molecule has 130 valence electrons. The Morgan fingerprint density at radius 1 is 1.35 bits per heavy atom. The highest BCUT2D eigenvalue weighted by atomic mass is 127. The summed E-state index contributed by atoms with van der Waals surface area (Å²) in [6.45, 7) is -0.918. The molecule has 23 heavy (non-hydrogen) atoms. The molecule has 1 aliphatic carbocycles. The Morgan fingerprint density at radius 3 is 2.61 bits per heavy atom. The van der Waals surface area contributed by atoms with Crippen LogP contribution in [0.25, 0.3) is 0 Å². The molecule has 2 N–H and O–H groups in total. The standard InChI is InChI=1S/C15H20F3N3O.HI/c1-21(13-5-6-13)14(19)20-8-11-3-2-4-12(7-11)9-22-10-15(16,17)18;/h2-4,7,13H,5-6,8-10H2,1H3,(H2,19,20);1H. The summed E-state index contributed by atoms with van der Waals surface area (Å²) in [5.41, 5.74) is 7.47. The molecule has 1 fully saturated rings. The number of alkyl halides is 3. The van der Waals surface area contributed by atoms with Gasteiger partial charge >= 0.3 is 6.18 Å². The fourth-order valence-corrected chi connectivity index (χ4v) is 2.04. The lowest BCUT2D eigenvalue weighted by Crippen LogP contribution is -2.35. The van der Waals surface area contributed by atoms with Crippen molar-refractivity contribution in [2.75, 3.05) is 13.7 Å². The second kappa shape index (κ2) is 8.72. The SMILES string of the molecule is CN(C(N)=NCc1cccc(COCC(F)(F)F)c1)C1CC1.I. The van der Waals surface area contributed by atoms with E-state index in [0.717, 1.165) is 18.4 Å². The second-order valence-electron chi connectivity index (χ2n) is 5.44. The van der Waals surface area contributed by atoms with Gasteiger partial charge in [0.15, 0.2) is 5.96 Å². The van der Waals surface area contributed by atoms with Gasteiger partial charge in [-0.25, -0.2) is 4.99 Å². The zero-order chi connectivity index (χ0) is 16.2. The minimum Gasteiger partial charge on any atom is -0.370 e. The fraction of sp³-hybridized carbons (Fsp3) is 0.533. The van der Waals surface area contributed by atoms with Crippen molar-refractivity contribution in [2.24, 2.45) is 10.7 Å². The van der Waals surface area contributed by atoms with E-state index in [1.54, 1.807) is 18.2 Å². The monoisotopic (exact) mass is 443 g/mol. The highest BCUT2D eigenvalue weighted by Gasteiger charge is 2.28. The fourth-order valence-electron chi connectivity index (χ4n) is 2.04. The predicted molar refractivity (Wildman–Crippen MR) is 93.7 cm³/mol. The summed E-state index contributed by atoms with van der Waals surface area (Å²) < 4.78 is 40.7. The van der Waals surface area contributed by atoms with Gasteiger partial charge in [0.05, 0.1) is 13.2 Å². The van der Waals surface area contributed by atoms with Crippen LogP contribution in [0, 0.1) is 0 Å². The Bertz CT molecular complexity index is 533. The molecule has 0 radical (unpaired) electrons. The predicted octanol–water partition coefficient (Wildman–Crippen LogP) is 3.29. The number of hydrogen-bond acceptors (Lipinski definition) is 2. The van der Waals surface area contributed by atoms with Crippen molar-refractivity contribution < 1.29 is 17.9 Å². The number of ether oxygens (including phenoxy) is 1. The van der Waals surface area contributed by atoms with Gasteiger partial charge < -0.3 is 15.4 Å². The third kappa shape index (κ3) is 7.38. The number of aliphatic imine (C=N–C) groups is 1. The van der Waals surface area contributed by atoms with E-state index >= 15 is 0 Å². The van der Waals surface area contributed by atoms with Crippen LogP contribution in [0.4, 0.5) is 13.2 Å². The Kier molecular flexibility index (Phi) is 7.59. The summed E-state index contributed by atoms with van der Waals surface area (Å²) in [4.78, 5) is 6.27. The number of rotatable bonds is 6. The molecule has 0 aromatic heterocycles. The zero-order valence-electron chi connectivity index (χ0n) is 12.8. The van der Waals surface area contributed by atoms with Gasteiger partial charge in [0.25, 0.3) is 0 Å². The van der Waals surface area contributed by atoms with Gasteiger partial charge in [0, 0.05) is 13.1 Å². The Labute approximate surface area is 150 Å². The van der Waals surface area contributed by atoms with Crippen LogP contribution in [0.1, 0.15) is 24.0 Å². The normalized spacial score (nSPS) is 15.2. The van der Waals surface area contributed by atoms with Crippen LogP contribution in [0.15, 0.2) is 29.3 Å². The second-order valence-corrected chi connectivity index (χ2v) is 5.44. The van der Waals surface area contributed by atoms with Crippen molar-refractivity contribution >= 4 is 29.9 Å². The number of halogens is 4. The first kappa shape index (κ1) is 20.0. The average molecular weight is 443 g/mol. The maximum atomic E-state index is 12.0. The third-order valence-electron chi connectivity index (χ3n) is 3.41. The van der Waals surface area contributed by atoms with Gasteiger partial charge in [0.2, 0.25) is 0 Å². The minimum absolute atomic E-state index is 0. The molecule has 8 heteroatoms. The molecule has 0 spiro atoms. The van der Waals surface area contributed by atoms with Crippen LogP contribution in [0.2, 0.25) is 0 Å². The van der Waals surface area contributed by atoms with E-state index in [4.69, 9.17) is 5.73 Å². The lowest BCUT2D eigenvalue weighted by molar-refractivity contribution is -0.176. The first-order valence-corrected chi connectivity index (χ1v) is 7.10. The summed E-state index contributed by atoms with van der Waals surface area (Å²) in [5, 5.41) is 0. The van der Waals surface area contributed by atoms with Crippen molar-refractivity contribution in [1.82, 2.24) is 4.90 Å². The van der Waals surface area contributed by atoms with Crippen molar-refractivity contribution in [1.29, 1.82) is 0 Å². The maximum Gasteiger partial charge on any atom is 0.411 e. The molecule has 0 atom stereocenters. The quantitative estimate of drug-likeness (QED) is 0.417. The molecular weight excluding hydrogens is 422 g/mol. The van der Waals surface area contributed by atoms with Crippen LogP contribution in [-0.2, 0) is 17.9 Å². The molecule has 0 saturated heterocycles. The van der Waals surface area contributed by atoms with Crippen molar-refractivity contribution in [3.8, 4) is 0 Å². The Hall–Kier alpha value is -1.03. The topological polar surface area (TPSA) is 50.8 Å². The van der Waals surface area contributed by atoms with E-state index in [1.807, 2.05) is 18.0 Å². The number of nitrogens with zero attached hydrogens (tertiary/aromatic N) is 2. The molecule has 4 nitrogen and oxygen atoms in total.